The highest BCUT2D eigenvalue weighted by molar-refractivity contribution is 5.65. The van der Waals surface area contributed by atoms with Gasteiger partial charge in [-0.05, 0) is 12.1 Å². The average molecular weight is 281 g/mol. The van der Waals surface area contributed by atoms with Gasteiger partial charge in [-0.1, -0.05) is 0 Å². The molecule has 0 amide bonds. The van der Waals surface area contributed by atoms with Crippen LogP contribution >= 0.6 is 0 Å². The summed E-state index contributed by atoms with van der Waals surface area (Å²) >= 11 is 0. The van der Waals surface area contributed by atoms with Crippen LogP contribution in [0.5, 0.6) is 0 Å². The van der Waals surface area contributed by atoms with Crippen molar-refractivity contribution in [2.45, 2.75) is 0 Å². The molecule has 0 fully saturated rings. The molecule has 1 heterocycles. The molecule has 0 saturated heterocycles. The lowest BCUT2D eigenvalue weighted by Crippen LogP contribution is -2.05. The summed E-state index contributed by atoms with van der Waals surface area (Å²) in [6, 6.07) is 1.05. The van der Waals surface area contributed by atoms with Gasteiger partial charge in [0.05, 0.1) is 5.56 Å². The minimum Gasteiger partial charge on any atom is -0.203 e. The van der Waals surface area contributed by atoms with Gasteiger partial charge in [0, 0.05) is 5.56 Å². The molecule has 2 aromatic rings. The molecule has 0 aliphatic rings. The number of nitrogens with zero attached hydrogens (tertiary/aromatic N) is 1. The Kier molecular flexibility index (Phi) is 3.17. The SMILES string of the molecule is Fc1ccc(-c2c(F)c(F)c(F)c(F)c2F)c(F)n1. The summed E-state index contributed by atoms with van der Waals surface area (Å²) in [7, 11) is 0. The first-order valence-electron chi connectivity index (χ1n) is 4.68. The van der Waals surface area contributed by atoms with Gasteiger partial charge >= 0.3 is 0 Å². The number of benzene rings is 1. The Morgan fingerprint density at radius 1 is 0.632 bits per heavy atom. The van der Waals surface area contributed by atoms with Gasteiger partial charge < -0.3 is 0 Å². The summed E-state index contributed by atoms with van der Waals surface area (Å²) in [6.07, 6.45) is 0. The molecule has 19 heavy (non-hydrogen) atoms. The molecule has 0 radical (unpaired) electrons. The third kappa shape index (κ3) is 2.02. The Morgan fingerprint density at radius 3 is 1.58 bits per heavy atom. The summed E-state index contributed by atoms with van der Waals surface area (Å²) in [6.45, 7) is 0. The molecule has 1 aromatic heterocycles. The molecule has 1 nitrogen and oxygen atoms in total. The molecule has 0 unspecified atom stereocenters. The van der Waals surface area contributed by atoms with E-state index in [1.54, 1.807) is 0 Å². The van der Waals surface area contributed by atoms with Crippen LogP contribution in [0, 0.1) is 41.0 Å². The van der Waals surface area contributed by atoms with E-state index in [-0.39, 0.29) is 0 Å². The second kappa shape index (κ2) is 4.52. The van der Waals surface area contributed by atoms with Gasteiger partial charge in [0.25, 0.3) is 0 Å². The predicted molar refractivity (Wildman–Crippen MR) is 49.4 cm³/mol. The molecular weight excluding hydrogens is 279 g/mol. The van der Waals surface area contributed by atoms with Gasteiger partial charge in [0.1, 0.15) is 0 Å². The molecule has 8 heteroatoms. The molecule has 100 valence electrons. The van der Waals surface area contributed by atoms with Crippen LogP contribution < -0.4 is 0 Å². The third-order valence-electron chi connectivity index (χ3n) is 2.29. The van der Waals surface area contributed by atoms with Crippen LogP contribution in [-0.4, -0.2) is 4.98 Å². The summed E-state index contributed by atoms with van der Waals surface area (Å²) in [5, 5.41) is 0. The molecule has 0 N–H and O–H groups in total. The maximum atomic E-state index is 13.4. The van der Waals surface area contributed by atoms with E-state index in [2.05, 4.69) is 4.98 Å². The fourth-order valence-corrected chi connectivity index (χ4v) is 1.44. The monoisotopic (exact) mass is 281 g/mol. The summed E-state index contributed by atoms with van der Waals surface area (Å²) in [5.74, 6) is -14.2. The lowest BCUT2D eigenvalue weighted by molar-refractivity contribution is 0.380. The van der Waals surface area contributed by atoms with Crippen LogP contribution in [0.1, 0.15) is 0 Å². The predicted octanol–water partition coefficient (Wildman–Crippen LogP) is 3.72. The Bertz CT molecular complexity index is 640. The standard InChI is InChI=1S/C11H2F7N/c12-4-2-1-3(11(18)19-4)5-6(13)8(15)10(17)9(16)7(5)14/h1-2H. The lowest BCUT2D eigenvalue weighted by Gasteiger charge is -2.08. The average Bonchev–Trinajstić information content (AvgIpc) is 2.37. The van der Waals surface area contributed by atoms with E-state index >= 15 is 0 Å². The normalized spacial score (nSPS) is 10.9. The van der Waals surface area contributed by atoms with Crippen molar-refractivity contribution in [1.29, 1.82) is 0 Å². The van der Waals surface area contributed by atoms with E-state index in [0.29, 0.717) is 12.1 Å². The Labute approximate surface area is 101 Å². The summed E-state index contributed by atoms with van der Waals surface area (Å²) in [4.78, 5) is 2.61. The van der Waals surface area contributed by atoms with Crippen molar-refractivity contribution in [3.05, 3.63) is 53.1 Å². The number of rotatable bonds is 1. The van der Waals surface area contributed by atoms with Crippen molar-refractivity contribution in [1.82, 2.24) is 4.98 Å². The van der Waals surface area contributed by atoms with Crippen molar-refractivity contribution < 1.29 is 30.7 Å². The maximum Gasteiger partial charge on any atom is 0.223 e. The van der Waals surface area contributed by atoms with Crippen LogP contribution in [0.25, 0.3) is 11.1 Å². The molecule has 0 atom stereocenters. The zero-order valence-corrected chi connectivity index (χ0v) is 8.75. The molecule has 0 saturated carbocycles. The van der Waals surface area contributed by atoms with Crippen molar-refractivity contribution in [2.75, 3.05) is 0 Å². The molecule has 0 aliphatic carbocycles. The number of aromatic nitrogens is 1. The van der Waals surface area contributed by atoms with Crippen LogP contribution in [0.4, 0.5) is 30.7 Å². The largest absolute Gasteiger partial charge is 0.223 e. The zero-order valence-electron chi connectivity index (χ0n) is 8.75. The van der Waals surface area contributed by atoms with Crippen LogP contribution in [-0.2, 0) is 0 Å². The highest BCUT2D eigenvalue weighted by atomic mass is 19.2. The van der Waals surface area contributed by atoms with E-state index in [1.165, 1.54) is 0 Å². The quantitative estimate of drug-likeness (QED) is 0.336. The van der Waals surface area contributed by atoms with E-state index in [9.17, 15) is 30.7 Å². The number of pyridine rings is 1. The van der Waals surface area contributed by atoms with Gasteiger partial charge in [0.15, 0.2) is 23.3 Å². The van der Waals surface area contributed by atoms with Gasteiger partial charge in [-0.2, -0.15) is 13.8 Å². The second-order valence-corrected chi connectivity index (χ2v) is 3.42. The first kappa shape index (κ1) is 13.3. The molecular formula is C11H2F7N. The first-order valence-corrected chi connectivity index (χ1v) is 4.68. The third-order valence-corrected chi connectivity index (χ3v) is 2.29. The Morgan fingerprint density at radius 2 is 1.11 bits per heavy atom. The fraction of sp³-hybridized carbons (Fsp3) is 0. The van der Waals surface area contributed by atoms with E-state index in [1.807, 2.05) is 0 Å². The van der Waals surface area contributed by atoms with E-state index < -0.39 is 52.1 Å². The fourth-order valence-electron chi connectivity index (χ4n) is 1.44. The van der Waals surface area contributed by atoms with Crippen molar-refractivity contribution in [3.63, 3.8) is 0 Å². The molecule has 0 bridgehead atoms. The van der Waals surface area contributed by atoms with Gasteiger partial charge in [0.2, 0.25) is 17.7 Å². The zero-order chi connectivity index (χ0) is 14.3. The Hall–Kier alpha value is -2.12. The van der Waals surface area contributed by atoms with Gasteiger partial charge in [-0.25, -0.2) is 22.0 Å². The molecule has 0 spiro atoms. The minimum atomic E-state index is -2.37. The lowest BCUT2D eigenvalue weighted by atomic mass is 10.0. The molecule has 2 rings (SSSR count). The number of hydrogen-bond acceptors (Lipinski definition) is 1. The highest BCUT2D eigenvalue weighted by Crippen LogP contribution is 2.32. The van der Waals surface area contributed by atoms with Crippen LogP contribution in [0.2, 0.25) is 0 Å². The topological polar surface area (TPSA) is 12.9 Å². The van der Waals surface area contributed by atoms with Crippen LogP contribution in [0.3, 0.4) is 0 Å². The van der Waals surface area contributed by atoms with Gasteiger partial charge in [-0.15, -0.1) is 0 Å². The maximum absolute atomic E-state index is 13.4. The van der Waals surface area contributed by atoms with Crippen LogP contribution in [0.15, 0.2) is 12.1 Å². The van der Waals surface area contributed by atoms with Crippen molar-refractivity contribution in [2.24, 2.45) is 0 Å². The van der Waals surface area contributed by atoms with Crippen molar-refractivity contribution in [3.8, 4) is 11.1 Å². The van der Waals surface area contributed by atoms with Gasteiger partial charge in [-0.3, -0.25) is 0 Å². The Balaban J connectivity index is 2.83. The van der Waals surface area contributed by atoms with E-state index in [0.717, 1.165) is 0 Å². The summed E-state index contributed by atoms with van der Waals surface area (Å²) < 4.78 is 91.1. The summed E-state index contributed by atoms with van der Waals surface area (Å²) in [5.41, 5.74) is -2.53. The number of hydrogen-bond donors (Lipinski definition) is 0. The smallest absolute Gasteiger partial charge is 0.203 e. The minimum absolute atomic E-state index is 0.524. The molecule has 1 aromatic carbocycles. The number of halogens is 7. The highest BCUT2D eigenvalue weighted by Gasteiger charge is 2.28. The van der Waals surface area contributed by atoms with Crippen molar-refractivity contribution >= 4 is 0 Å². The second-order valence-electron chi connectivity index (χ2n) is 3.42. The first-order chi connectivity index (χ1) is 8.84. The van der Waals surface area contributed by atoms with E-state index in [4.69, 9.17) is 0 Å². The molecule has 0 aliphatic heterocycles.